The summed E-state index contributed by atoms with van der Waals surface area (Å²) in [4.78, 5) is 4.35. The second-order valence-corrected chi connectivity index (χ2v) is 5.75. The van der Waals surface area contributed by atoms with Crippen LogP contribution in [-0.2, 0) is 0 Å². The van der Waals surface area contributed by atoms with Crippen molar-refractivity contribution in [3.8, 4) is 5.75 Å². The SMILES string of the molecule is COc1ccc(C=Nc2ccc(Cl)cc2Cl)cc1I. The van der Waals surface area contributed by atoms with Crippen LogP contribution in [-0.4, -0.2) is 13.3 Å². The molecule has 0 aromatic heterocycles. The van der Waals surface area contributed by atoms with E-state index in [0.29, 0.717) is 15.7 Å². The van der Waals surface area contributed by atoms with Crippen LogP contribution < -0.4 is 4.74 Å². The molecule has 0 atom stereocenters. The van der Waals surface area contributed by atoms with Crippen LogP contribution in [0.2, 0.25) is 10.0 Å². The van der Waals surface area contributed by atoms with Crippen molar-refractivity contribution >= 4 is 57.7 Å². The molecule has 0 spiro atoms. The lowest BCUT2D eigenvalue weighted by Crippen LogP contribution is -1.89. The third-order valence-electron chi connectivity index (χ3n) is 2.44. The normalized spacial score (nSPS) is 10.9. The van der Waals surface area contributed by atoms with Gasteiger partial charge in [-0.3, -0.25) is 4.99 Å². The lowest BCUT2D eigenvalue weighted by molar-refractivity contribution is 0.412. The Morgan fingerprint density at radius 1 is 1.16 bits per heavy atom. The molecular weight excluding hydrogens is 396 g/mol. The van der Waals surface area contributed by atoms with Gasteiger partial charge in [0, 0.05) is 11.2 Å². The molecule has 0 aliphatic carbocycles. The average molecular weight is 406 g/mol. The van der Waals surface area contributed by atoms with Gasteiger partial charge in [-0.25, -0.2) is 0 Å². The fraction of sp³-hybridized carbons (Fsp3) is 0.0714. The van der Waals surface area contributed by atoms with E-state index < -0.39 is 0 Å². The van der Waals surface area contributed by atoms with Crippen LogP contribution in [0.25, 0.3) is 0 Å². The number of hydrogen-bond acceptors (Lipinski definition) is 2. The van der Waals surface area contributed by atoms with Crippen LogP contribution in [0.5, 0.6) is 5.75 Å². The Bertz CT molecular complexity index is 629. The maximum absolute atomic E-state index is 6.06. The van der Waals surface area contributed by atoms with Gasteiger partial charge in [0.1, 0.15) is 5.75 Å². The zero-order valence-electron chi connectivity index (χ0n) is 10.0. The topological polar surface area (TPSA) is 21.6 Å². The van der Waals surface area contributed by atoms with Gasteiger partial charge in [0.15, 0.2) is 0 Å². The summed E-state index contributed by atoms with van der Waals surface area (Å²) in [5, 5.41) is 1.13. The predicted octanol–water partition coefficient (Wildman–Crippen LogP) is 5.36. The van der Waals surface area contributed by atoms with E-state index in [0.717, 1.165) is 14.9 Å². The number of halogens is 3. The fourth-order valence-corrected chi connectivity index (χ4v) is 2.71. The highest BCUT2D eigenvalue weighted by molar-refractivity contribution is 14.1. The highest BCUT2D eigenvalue weighted by Gasteiger charge is 2.01. The monoisotopic (exact) mass is 405 g/mol. The van der Waals surface area contributed by atoms with Crippen molar-refractivity contribution in [3.05, 3.63) is 55.6 Å². The third-order valence-corrected chi connectivity index (χ3v) is 3.82. The summed E-state index contributed by atoms with van der Waals surface area (Å²) in [6, 6.07) is 11.1. The highest BCUT2D eigenvalue weighted by atomic mass is 127. The first-order valence-electron chi connectivity index (χ1n) is 5.43. The first-order valence-corrected chi connectivity index (χ1v) is 7.26. The molecule has 0 radical (unpaired) electrons. The highest BCUT2D eigenvalue weighted by Crippen LogP contribution is 2.28. The first-order chi connectivity index (χ1) is 9.10. The quantitative estimate of drug-likeness (QED) is 0.497. The number of benzene rings is 2. The van der Waals surface area contributed by atoms with Gasteiger partial charge < -0.3 is 4.74 Å². The van der Waals surface area contributed by atoms with Gasteiger partial charge in [-0.05, 0) is 64.6 Å². The minimum absolute atomic E-state index is 0.534. The summed E-state index contributed by atoms with van der Waals surface area (Å²) in [7, 11) is 1.65. The van der Waals surface area contributed by atoms with Crippen molar-refractivity contribution in [3.63, 3.8) is 0 Å². The zero-order valence-corrected chi connectivity index (χ0v) is 13.7. The number of methoxy groups -OCH3 is 1. The molecule has 0 aliphatic rings. The number of aliphatic imine (C=N–C) groups is 1. The summed E-state index contributed by atoms with van der Waals surface area (Å²) in [5.41, 5.74) is 1.67. The molecule has 0 aliphatic heterocycles. The third kappa shape index (κ3) is 3.84. The number of nitrogens with zero attached hydrogens (tertiary/aromatic N) is 1. The van der Waals surface area contributed by atoms with Crippen LogP contribution in [0.3, 0.4) is 0 Å². The number of ether oxygens (including phenoxy) is 1. The lowest BCUT2D eigenvalue weighted by atomic mass is 10.2. The van der Waals surface area contributed by atoms with Crippen molar-refractivity contribution in [2.45, 2.75) is 0 Å². The van der Waals surface area contributed by atoms with Crippen molar-refractivity contribution in [1.82, 2.24) is 0 Å². The van der Waals surface area contributed by atoms with Crippen molar-refractivity contribution in [2.75, 3.05) is 7.11 Å². The van der Waals surface area contributed by atoms with Gasteiger partial charge in [0.2, 0.25) is 0 Å². The molecule has 98 valence electrons. The summed E-state index contributed by atoms with van der Waals surface area (Å²) in [6.45, 7) is 0. The van der Waals surface area contributed by atoms with Crippen LogP contribution in [0, 0.1) is 3.57 Å². The molecule has 5 heteroatoms. The molecule has 0 N–H and O–H groups in total. The van der Waals surface area contributed by atoms with Crippen molar-refractivity contribution in [1.29, 1.82) is 0 Å². The summed E-state index contributed by atoms with van der Waals surface area (Å²) >= 11 is 14.1. The Hall–Kier alpha value is -0.780. The number of rotatable bonds is 3. The largest absolute Gasteiger partial charge is 0.496 e. The first kappa shape index (κ1) is 14.6. The van der Waals surface area contributed by atoms with E-state index >= 15 is 0 Å². The molecule has 0 amide bonds. The second-order valence-electron chi connectivity index (χ2n) is 3.75. The molecule has 2 nitrogen and oxygen atoms in total. The molecule has 0 saturated heterocycles. The molecule has 0 bridgehead atoms. The van der Waals surface area contributed by atoms with Gasteiger partial charge in [0.25, 0.3) is 0 Å². The maximum Gasteiger partial charge on any atom is 0.132 e. The molecule has 0 saturated carbocycles. The second kappa shape index (κ2) is 6.59. The van der Waals surface area contributed by atoms with E-state index in [1.165, 1.54) is 0 Å². The molecule has 0 unspecified atom stereocenters. The van der Waals surface area contributed by atoms with E-state index in [1.54, 1.807) is 31.5 Å². The standard InChI is InChI=1S/C14H10Cl2INO/c1-19-14-5-2-9(6-12(14)17)8-18-13-4-3-10(15)7-11(13)16/h2-8H,1H3. The molecule has 0 fully saturated rings. The molecule has 0 heterocycles. The number of hydrogen-bond donors (Lipinski definition) is 0. The zero-order chi connectivity index (χ0) is 13.8. The summed E-state index contributed by atoms with van der Waals surface area (Å²) < 4.78 is 6.24. The van der Waals surface area contributed by atoms with Crippen molar-refractivity contribution < 1.29 is 4.74 Å². The Morgan fingerprint density at radius 2 is 1.95 bits per heavy atom. The van der Waals surface area contributed by atoms with Crippen LogP contribution >= 0.6 is 45.8 Å². The molecule has 2 rings (SSSR count). The van der Waals surface area contributed by atoms with E-state index in [4.69, 9.17) is 27.9 Å². The van der Waals surface area contributed by atoms with Gasteiger partial charge >= 0.3 is 0 Å². The lowest BCUT2D eigenvalue weighted by Gasteiger charge is -2.03. The molecule has 2 aromatic rings. The van der Waals surface area contributed by atoms with Crippen molar-refractivity contribution in [2.24, 2.45) is 4.99 Å². The van der Waals surface area contributed by atoms with Gasteiger partial charge in [0.05, 0.1) is 21.4 Å². The van der Waals surface area contributed by atoms with Gasteiger partial charge in [-0.1, -0.05) is 23.2 Å². The average Bonchev–Trinajstić information content (AvgIpc) is 2.38. The minimum Gasteiger partial charge on any atom is -0.496 e. The summed E-state index contributed by atoms with van der Waals surface area (Å²) in [5.74, 6) is 0.849. The maximum atomic E-state index is 6.06. The molecular formula is C14H10Cl2INO. The van der Waals surface area contributed by atoms with E-state index in [1.807, 2.05) is 18.2 Å². The Morgan fingerprint density at radius 3 is 2.58 bits per heavy atom. The van der Waals surface area contributed by atoms with E-state index in [2.05, 4.69) is 27.6 Å². The van der Waals surface area contributed by atoms with E-state index in [9.17, 15) is 0 Å². The molecule has 19 heavy (non-hydrogen) atoms. The van der Waals surface area contributed by atoms with Crippen LogP contribution in [0.15, 0.2) is 41.4 Å². The Labute approximate surface area is 135 Å². The van der Waals surface area contributed by atoms with Gasteiger partial charge in [-0.2, -0.15) is 0 Å². The van der Waals surface area contributed by atoms with Crippen LogP contribution in [0.1, 0.15) is 5.56 Å². The fourth-order valence-electron chi connectivity index (χ4n) is 1.49. The Kier molecular flexibility index (Phi) is 5.07. The predicted molar refractivity (Wildman–Crippen MR) is 89.4 cm³/mol. The van der Waals surface area contributed by atoms with E-state index in [-0.39, 0.29) is 0 Å². The Balaban J connectivity index is 2.25. The van der Waals surface area contributed by atoms with Gasteiger partial charge in [-0.15, -0.1) is 0 Å². The minimum atomic E-state index is 0.534. The summed E-state index contributed by atoms with van der Waals surface area (Å²) in [6.07, 6.45) is 1.76. The molecule has 2 aromatic carbocycles. The van der Waals surface area contributed by atoms with Crippen LogP contribution in [0.4, 0.5) is 5.69 Å². The smallest absolute Gasteiger partial charge is 0.132 e.